The van der Waals surface area contributed by atoms with Crippen LogP contribution in [0.2, 0.25) is 0 Å². The maximum absolute atomic E-state index is 13.8. The van der Waals surface area contributed by atoms with E-state index in [4.69, 9.17) is 0 Å². The Bertz CT molecular complexity index is 887. The van der Waals surface area contributed by atoms with Crippen LogP contribution in [0.3, 0.4) is 0 Å². The lowest BCUT2D eigenvalue weighted by Crippen LogP contribution is -2.33. The molecule has 0 saturated carbocycles. The molecule has 8 heteroatoms. The van der Waals surface area contributed by atoms with Crippen LogP contribution in [0, 0.1) is 5.82 Å². The minimum Gasteiger partial charge on any atom is -0.207 e. The fourth-order valence-electron chi connectivity index (χ4n) is 2.36. The van der Waals surface area contributed by atoms with Gasteiger partial charge in [0.25, 0.3) is 0 Å². The highest BCUT2D eigenvalue weighted by Gasteiger charge is 2.59. The van der Waals surface area contributed by atoms with Crippen LogP contribution < -0.4 is 0 Å². The van der Waals surface area contributed by atoms with Gasteiger partial charge in [0.2, 0.25) is 0 Å². The van der Waals surface area contributed by atoms with Gasteiger partial charge in [0, 0.05) is 21.9 Å². The van der Waals surface area contributed by atoms with Gasteiger partial charge in [-0.1, -0.05) is 18.2 Å². The standard InChI is InChI=1S/C16H8F6N2/c17-10-6-4-9(5-7-10)14-11-2-1-3-13(12(11)8-23-24-14)15(18,19)16(20,21)22/h1-8H. The molecule has 0 unspecified atom stereocenters. The predicted octanol–water partition coefficient (Wildman–Crippen LogP) is 5.09. The molecule has 0 spiro atoms. The van der Waals surface area contributed by atoms with Crippen molar-refractivity contribution in [3.63, 3.8) is 0 Å². The molecule has 3 aromatic rings. The number of fused-ring (bicyclic) bond motifs is 1. The van der Waals surface area contributed by atoms with E-state index in [1.807, 2.05) is 0 Å². The van der Waals surface area contributed by atoms with Crippen LogP contribution in [0.4, 0.5) is 26.3 Å². The Morgan fingerprint density at radius 1 is 0.792 bits per heavy atom. The molecular weight excluding hydrogens is 334 g/mol. The average Bonchev–Trinajstić information content (AvgIpc) is 2.53. The molecule has 0 aliphatic carbocycles. The third kappa shape index (κ3) is 2.57. The highest BCUT2D eigenvalue weighted by Crippen LogP contribution is 2.46. The first-order valence-electron chi connectivity index (χ1n) is 6.67. The average molecular weight is 342 g/mol. The van der Waals surface area contributed by atoms with Crippen molar-refractivity contribution in [2.24, 2.45) is 0 Å². The minimum absolute atomic E-state index is 0.0676. The van der Waals surface area contributed by atoms with Crippen LogP contribution in [-0.2, 0) is 5.92 Å². The Hall–Kier alpha value is -2.64. The van der Waals surface area contributed by atoms with E-state index < -0.39 is 23.5 Å². The lowest BCUT2D eigenvalue weighted by molar-refractivity contribution is -0.288. The summed E-state index contributed by atoms with van der Waals surface area (Å²) in [6.07, 6.45) is -4.88. The molecule has 0 aliphatic rings. The number of alkyl halides is 5. The summed E-state index contributed by atoms with van der Waals surface area (Å²) in [4.78, 5) is 0. The molecule has 0 saturated heterocycles. The van der Waals surface area contributed by atoms with Gasteiger partial charge in [-0.3, -0.25) is 0 Å². The van der Waals surface area contributed by atoms with Crippen molar-refractivity contribution < 1.29 is 26.3 Å². The summed E-state index contributed by atoms with van der Waals surface area (Å²) in [5.74, 6) is -5.55. The number of hydrogen-bond donors (Lipinski definition) is 0. The Labute approximate surface area is 131 Å². The van der Waals surface area contributed by atoms with Crippen molar-refractivity contribution in [3.05, 3.63) is 60.0 Å². The molecule has 2 aromatic carbocycles. The number of rotatable bonds is 2. The van der Waals surface area contributed by atoms with Crippen LogP contribution in [0.5, 0.6) is 0 Å². The molecule has 1 aromatic heterocycles. The third-order valence-corrected chi connectivity index (χ3v) is 3.52. The molecule has 0 amide bonds. The van der Waals surface area contributed by atoms with E-state index >= 15 is 0 Å². The van der Waals surface area contributed by atoms with Gasteiger partial charge >= 0.3 is 12.1 Å². The number of hydrogen-bond acceptors (Lipinski definition) is 2. The SMILES string of the molecule is Fc1ccc(-c2nncc3c(C(F)(F)C(F)(F)F)cccc23)cc1. The summed E-state index contributed by atoms with van der Waals surface area (Å²) in [5.41, 5.74) is -0.764. The Morgan fingerprint density at radius 2 is 1.46 bits per heavy atom. The van der Waals surface area contributed by atoms with Crippen LogP contribution in [0.1, 0.15) is 5.56 Å². The monoisotopic (exact) mass is 342 g/mol. The maximum Gasteiger partial charge on any atom is 0.458 e. The normalized spacial score (nSPS) is 12.6. The molecule has 0 N–H and O–H groups in total. The van der Waals surface area contributed by atoms with Crippen molar-refractivity contribution in [2.45, 2.75) is 12.1 Å². The van der Waals surface area contributed by atoms with E-state index in [-0.39, 0.29) is 16.5 Å². The molecule has 1 heterocycles. The van der Waals surface area contributed by atoms with Crippen molar-refractivity contribution >= 4 is 10.8 Å². The molecule has 124 valence electrons. The zero-order valence-electron chi connectivity index (χ0n) is 11.8. The number of benzene rings is 2. The zero-order chi connectivity index (χ0) is 17.5. The zero-order valence-corrected chi connectivity index (χ0v) is 11.8. The maximum atomic E-state index is 13.8. The summed E-state index contributed by atoms with van der Waals surface area (Å²) in [6, 6.07) is 8.09. The molecule has 0 atom stereocenters. The van der Waals surface area contributed by atoms with Gasteiger partial charge < -0.3 is 0 Å². The number of aromatic nitrogens is 2. The number of nitrogens with zero attached hydrogens (tertiary/aromatic N) is 2. The fraction of sp³-hybridized carbons (Fsp3) is 0.125. The second kappa shape index (κ2) is 5.47. The smallest absolute Gasteiger partial charge is 0.207 e. The van der Waals surface area contributed by atoms with E-state index in [0.717, 1.165) is 24.4 Å². The topological polar surface area (TPSA) is 25.8 Å². The molecular formula is C16H8F6N2. The highest BCUT2D eigenvalue weighted by molar-refractivity contribution is 5.96. The van der Waals surface area contributed by atoms with Crippen molar-refractivity contribution in [1.29, 1.82) is 0 Å². The van der Waals surface area contributed by atoms with Crippen LogP contribution in [0.25, 0.3) is 22.0 Å². The second-order valence-electron chi connectivity index (χ2n) is 5.04. The molecule has 0 bridgehead atoms. The van der Waals surface area contributed by atoms with E-state index in [2.05, 4.69) is 10.2 Å². The van der Waals surface area contributed by atoms with Gasteiger partial charge in [-0.05, 0) is 24.3 Å². The van der Waals surface area contributed by atoms with E-state index in [0.29, 0.717) is 11.6 Å². The Morgan fingerprint density at radius 3 is 2.08 bits per heavy atom. The van der Waals surface area contributed by atoms with Gasteiger partial charge in [-0.15, -0.1) is 5.10 Å². The molecule has 0 fully saturated rings. The minimum atomic E-state index is -5.74. The summed E-state index contributed by atoms with van der Waals surface area (Å²) >= 11 is 0. The van der Waals surface area contributed by atoms with Gasteiger partial charge in [0.05, 0.1) is 6.20 Å². The van der Waals surface area contributed by atoms with E-state index in [1.54, 1.807) is 0 Å². The van der Waals surface area contributed by atoms with E-state index in [9.17, 15) is 26.3 Å². The molecule has 0 radical (unpaired) electrons. The molecule has 24 heavy (non-hydrogen) atoms. The molecule has 2 nitrogen and oxygen atoms in total. The quantitative estimate of drug-likeness (QED) is 0.606. The van der Waals surface area contributed by atoms with Gasteiger partial charge in [0.15, 0.2) is 0 Å². The van der Waals surface area contributed by atoms with Gasteiger partial charge in [0.1, 0.15) is 11.5 Å². The molecule has 3 rings (SSSR count). The lowest BCUT2D eigenvalue weighted by Gasteiger charge is -2.21. The summed E-state index contributed by atoms with van der Waals surface area (Å²) in [6.45, 7) is 0. The van der Waals surface area contributed by atoms with Crippen LogP contribution in [0.15, 0.2) is 48.7 Å². The van der Waals surface area contributed by atoms with E-state index in [1.165, 1.54) is 18.2 Å². The Balaban J connectivity index is 2.27. The third-order valence-electron chi connectivity index (χ3n) is 3.52. The largest absolute Gasteiger partial charge is 0.458 e. The number of halogens is 6. The summed E-state index contributed by atoms with van der Waals surface area (Å²) in [7, 11) is 0. The van der Waals surface area contributed by atoms with Crippen LogP contribution in [-0.4, -0.2) is 16.4 Å². The molecule has 0 aliphatic heterocycles. The van der Waals surface area contributed by atoms with Gasteiger partial charge in [-0.25, -0.2) is 4.39 Å². The Kier molecular flexibility index (Phi) is 3.70. The van der Waals surface area contributed by atoms with Crippen molar-refractivity contribution in [2.75, 3.05) is 0 Å². The van der Waals surface area contributed by atoms with Crippen molar-refractivity contribution in [1.82, 2.24) is 10.2 Å². The summed E-state index contributed by atoms with van der Waals surface area (Å²) < 4.78 is 78.6. The predicted molar refractivity (Wildman–Crippen MR) is 74.9 cm³/mol. The first kappa shape index (κ1) is 16.2. The fourth-order valence-corrected chi connectivity index (χ4v) is 2.36. The lowest BCUT2D eigenvalue weighted by atomic mass is 9.98. The highest BCUT2D eigenvalue weighted by atomic mass is 19.4. The van der Waals surface area contributed by atoms with Crippen LogP contribution >= 0.6 is 0 Å². The summed E-state index contributed by atoms with van der Waals surface area (Å²) in [5, 5.41) is 7.02. The second-order valence-corrected chi connectivity index (χ2v) is 5.04. The first-order valence-corrected chi connectivity index (χ1v) is 6.67. The van der Waals surface area contributed by atoms with Gasteiger partial charge in [-0.2, -0.15) is 27.1 Å². The first-order chi connectivity index (χ1) is 11.2. The van der Waals surface area contributed by atoms with Crippen molar-refractivity contribution in [3.8, 4) is 11.3 Å².